The molecule has 46 heavy (non-hydrogen) atoms. The van der Waals surface area contributed by atoms with Crippen molar-refractivity contribution in [2.45, 2.75) is 115 Å². The summed E-state index contributed by atoms with van der Waals surface area (Å²) in [5.74, 6) is -0.692. The average Bonchev–Trinajstić information content (AvgIpc) is 3.04. The minimum Gasteiger partial charge on any atom is -0.457 e. The molecular weight excluding hydrogens is 589 g/mol. The molecule has 0 aliphatic carbocycles. The van der Waals surface area contributed by atoms with Gasteiger partial charge in [-0.05, 0) is 75.7 Å². The fourth-order valence-corrected chi connectivity index (χ4v) is 6.51. The second-order valence-electron chi connectivity index (χ2n) is 13.5. The lowest BCUT2D eigenvalue weighted by atomic mass is 9.88. The Kier molecular flexibility index (Phi) is 13.0. The number of pyridine rings is 1. The minimum absolute atomic E-state index is 0.118. The third kappa shape index (κ3) is 10.2. The largest absolute Gasteiger partial charge is 0.457 e. The first kappa shape index (κ1) is 35.8. The van der Waals surface area contributed by atoms with Crippen molar-refractivity contribution in [3.05, 3.63) is 66.0 Å². The second-order valence-corrected chi connectivity index (χ2v) is 13.5. The molecule has 1 unspecified atom stereocenters. The number of piperidine rings is 2. The van der Waals surface area contributed by atoms with E-state index in [1.165, 1.54) is 0 Å². The smallest absolute Gasteiger partial charge is 0.410 e. The molecule has 4 heterocycles. The van der Waals surface area contributed by atoms with Gasteiger partial charge in [-0.25, -0.2) is 9.18 Å². The summed E-state index contributed by atoms with van der Waals surface area (Å²) < 4.78 is 25.4. The van der Waals surface area contributed by atoms with Gasteiger partial charge in [0.05, 0.1) is 12.5 Å². The Morgan fingerprint density at radius 1 is 1.17 bits per heavy atom. The molecule has 0 saturated carbocycles. The van der Waals surface area contributed by atoms with Gasteiger partial charge in [0.25, 0.3) is 0 Å². The Bertz CT molecular complexity index is 1220. The van der Waals surface area contributed by atoms with E-state index in [9.17, 15) is 24.2 Å². The predicted octanol–water partition coefficient (Wildman–Crippen LogP) is 5.49. The summed E-state index contributed by atoms with van der Waals surface area (Å²) in [6, 6.07) is 4.24. The maximum Gasteiger partial charge on any atom is 0.410 e. The van der Waals surface area contributed by atoms with E-state index < -0.39 is 42.1 Å². The number of esters is 1. The number of aliphatic hydroxyl groups excluding tert-OH is 1. The highest BCUT2D eigenvalue weighted by molar-refractivity contribution is 5.70. The van der Waals surface area contributed by atoms with E-state index >= 15 is 0 Å². The number of carbonyl (C=O) groups excluding carboxylic acids is 2. The molecular formula is C36H52FN3O6. The van der Waals surface area contributed by atoms with E-state index in [1.54, 1.807) is 24.1 Å². The fraction of sp³-hybridized carbons (Fsp3) is 0.639. The summed E-state index contributed by atoms with van der Waals surface area (Å²) in [6.45, 7) is 10.0. The van der Waals surface area contributed by atoms with Crippen molar-refractivity contribution in [3.8, 4) is 0 Å². The van der Waals surface area contributed by atoms with Gasteiger partial charge < -0.3 is 29.5 Å². The van der Waals surface area contributed by atoms with Crippen LogP contribution in [-0.4, -0.2) is 99.4 Å². The molecule has 10 heteroatoms. The van der Waals surface area contributed by atoms with Crippen LogP contribution in [0.5, 0.6) is 0 Å². The summed E-state index contributed by atoms with van der Waals surface area (Å²) in [5, 5.41) is 22.1. The number of alkyl halides is 1. The molecule has 2 N–H and O–H groups in total. The first-order valence-corrected chi connectivity index (χ1v) is 16.8. The third-order valence-electron chi connectivity index (χ3n) is 9.67. The summed E-state index contributed by atoms with van der Waals surface area (Å²) in [6.07, 6.45) is 11.9. The van der Waals surface area contributed by atoms with E-state index in [0.29, 0.717) is 32.0 Å². The molecule has 254 valence electrons. The number of hydrogen-bond acceptors (Lipinski definition) is 8. The van der Waals surface area contributed by atoms with Crippen molar-refractivity contribution in [2.75, 3.05) is 26.2 Å². The summed E-state index contributed by atoms with van der Waals surface area (Å²) >= 11 is 0. The molecule has 1 aromatic heterocycles. The molecule has 2 saturated heterocycles. The molecule has 1 aromatic rings. The van der Waals surface area contributed by atoms with Crippen molar-refractivity contribution in [1.82, 2.24) is 14.8 Å². The highest BCUT2D eigenvalue weighted by Gasteiger charge is 2.37. The van der Waals surface area contributed by atoms with Crippen LogP contribution >= 0.6 is 0 Å². The fourth-order valence-electron chi connectivity index (χ4n) is 6.51. The lowest BCUT2D eigenvalue weighted by molar-refractivity contribution is -0.151. The third-order valence-corrected chi connectivity index (χ3v) is 9.67. The molecule has 3 aliphatic rings. The molecule has 0 bridgehead atoms. The lowest BCUT2D eigenvalue weighted by Gasteiger charge is -2.41. The van der Waals surface area contributed by atoms with E-state index in [4.69, 9.17) is 9.47 Å². The van der Waals surface area contributed by atoms with Crippen LogP contribution in [0.25, 0.3) is 0 Å². The van der Waals surface area contributed by atoms with Crippen molar-refractivity contribution >= 4 is 12.1 Å². The normalized spacial score (nSPS) is 31.5. The monoisotopic (exact) mass is 641 g/mol. The molecule has 2 fully saturated rings. The second kappa shape index (κ2) is 16.7. The van der Waals surface area contributed by atoms with Crippen molar-refractivity contribution in [2.24, 2.45) is 5.92 Å². The molecule has 4 rings (SSSR count). The van der Waals surface area contributed by atoms with Crippen molar-refractivity contribution in [3.63, 3.8) is 0 Å². The number of aromatic nitrogens is 1. The number of hydrogen-bond donors (Lipinski definition) is 2. The Balaban J connectivity index is 1.45. The summed E-state index contributed by atoms with van der Waals surface area (Å²) in [7, 11) is 0. The maximum atomic E-state index is 13.6. The number of likely N-dealkylation sites (tertiary alicyclic amines) is 2. The minimum atomic E-state index is -1.48. The Morgan fingerprint density at radius 2 is 1.89 bits per heavy atom. The quantitative estimate of drug-likeness (QED) is 0.238. The lowest BCUT2D eigenvalue weighted by Crippen LogP contribution is -2.51. The van der Waals surface area contributed by atoms with Gasteiger partial charge in [-0.1, -0.05) is 44.2 Å². The number of rotatable bonds is 6. The Morgan fingerprint density at radius 3 is 2.57 bits per heavy atom. The number of aliphatic hydroxyl groups is 2. The van der Waals surface area contributed by atoms with Crippen LogP contribution in [0.2, 0.25) is 0 Å². The van der Waals surface area contributed by atoms with Crippen LogP contribution in [0.3, 0.4) is 0 Å². The molecule has 0 aromatic carbocycles. The van der Waals surface area contributed by atoms with Crippen LogP contribution < -0.4 is 0 Å². The SMILES string of the molecule is C/C(=C\C=C\C(C)c1cccnc1)[C@H]1OC(=O)C[C@H](O)CC[C@@](C)(O)[C@@H](OC(=O)N2CCC(N3CCC(F)CC3)CC2)/C=C\[C@@H]1C. The number of halogens is 1. The first-order valence-electron chi connectivity index (χ1n) is 16.8. The van der Waals surface area contributed by atoms with E-state index in [-0.39, 0.29) is 31.1 Å². The highest BCUT2D eigenvalue weighted by Crippen LogP contribution is 2.29. The number of carbonyl (C=O) groups is 2. The summed E-state index contributed by atoms with van der Waals surface area (Å²) in [4.78, 5) is 34.3. The topological polar surface area (TPSA) is 112 Å². The Labute approximate surface area is 273 Å². The highest BCUT2D eigenvalue weighted by atomic mass is 19.1. The van der Waals surface area contributed by atoms with E-state index in [0.717, 1.165) is 37.1 Å². The van der Waals surface area contributed by atoms with Gasteiger partial charge in [0, 0.05) is 56.5 Å². The van der Waals surface area contributed by atoms with Gasteiger partial charge in [-0.3, -0.25) is 9.78 Å². The van der Waals surface area contributed by atoms with Crippen LogP contribution in [0.15, 0.2) is 60.5 Å². The number of nitrogens with zero attached hydrogens (tertiary/aromatic N) is 3. The van der Waals surface area contributed by atoms with Crippen LogP contribution in [0.1, 0.15) is 84.1 Å². The van der Waals surface area contributed by atoms with Crippen molar-refractivity contribution < 1.29 is 33.7 Å². The first-order chi connectivity index (χ1) is 21.9. The maximum absolute atomic E-state index is 13.6. The van der Waals surface area contributed by atoms with Gasteiger partial charge in [-0.2, -0.15) is 0 Å². The average molecular weight is 642 g/mol. The molecule has 6 atom stereocenters. The molecule has 9 nitrogen and oxygen atoms in total. The number of amides is 1. The zero-order valence-electron chi connectivity index (χ0n) is 27.8. The van der Waals surface area contributed by atoms with Gasteiger partial charge >= 0.3 is 12.1 Å². The number of allylic oxidation sites excluding steroid dienone is 3. The number of cyclic esters (lactones) is 1. The van der Waals surface area contributed by atoms with Gasteiger partial charge in [0.2, 0.25) is 0 Å². The van der Waals surface area contributed by atoms with Crippen LogP contribution in [-0.2, 0) is 14.3 Å². The van der Waals surface area contributed by atoms with Gasteiger partial charge in [0.15, 0.2) is 6.10 Å². The van der Waals surface area contributed by atoms with Gasteiger partial charge in [0.1, 0.15) is 17.9 Å². The zero-order chi connectivity index (χ0) is 33.3. The van der Waals surface area contributed by atoms with E-state index in [2.05, 4.69) is 16.8 Å². The Hall–Kier alpha value is -3.08. The molecule has 0 radical (unpaired) electrons. The van der Waals surface area contributed by atoms with Crippen LogP contribution in [0, 0.1) is 5.92 Å². The van der Waals surface area contributed by atoms with Gasteiger partial charge in [-0.15, -0.1) is 0 Å². The van der Waals surface area contributed by atoms with Crippen molar-refractivity contribution in [1.29, 1.82) is 0 Å². The molecule has 1 amide bonds. The van der Waals surface area contributed by atoms with E-state index in [1.807, 2.05) is 56.5 Å². The molecule has 0 spiro atoms. The summed E-state index contributed by atoms with van der Waals surface area (Å²) in [5.41, 5.74) is 0.421. The predicted molar refractivity (Wildman–Crippen MR) is 175 cm³/mol. The standard InChI is InChI=1S/C36H52FN3O6/c1-25(28-9-6-18-38-24-28)7-5-8-26(2)34-27(3)10-11-32(36(4,44)17-12-31(41)23-33(42)46-34)45-35(43)40-21-15-30(16-22-40)39-19-13-29(37)14-20-39/h5-11,18,24-25,27,29-32,34,41,44H,12-17,19-23H2,1-4H3/b7-5+,11-10-,26-8+/t25?,27-,31+,32-,34+,36+/m0/s1. The molecule has 3 aliphatic heterocycles. The number of ether oxygens (including phenoxy) is 2. The van der Waals surface area contributed by atoms with Crippen LogP contribution in [0.4, 0.5) is 9.18 Å². The zero-order valence-corrected chi connectivity index (χ0v) is 27.8.